The van der Waals surface area contributed by atoms with Crippen LogP contribution in [0.2, 0.25) is 5.02 Å². The third-order valence-electron chi connectivity index (χ3n) is 11.2. The van der Waals surface area contributed by atoms with Crippen LogP contribution in [-0.4, -0.2) is 120 Å². The fourth-order valence-electron chi connectivity index (χ4n) is 8.10. The van der Waals surface area contributed by atoms with Crippen LogP contribution in [0.15, 0.2) is 36.4 Å². The summed E-state index contributed by atoms with van der Waals surface area (Å²) < 4.78 is 41.5. The number of urea groups is 1. The predicted molar refractivity (Wildman–Crippen MR) is 190 cm³/mol. The molecular formula is C36H48ClF3N8O3. The van der Waals surface area contributed by atoms with E-state index < -0.39 is 23.3 Å². The standard InChI is InChI=1S/C36H48ClF3N8O3/c1-43-16-18-44(19-17-43)27-7-13-46(14-8-27)34(50)26(20-24-21-29(36(38,39)40)33(41)30(37)22-24)23-32(49)45-11-9-28(10-12-45)47-15-6-25-4-2-3-5-31(25)48(42)35(47)51/h2-5,21-22,26-28H,6-20,23,41-42H2,1H3/t26-/m0/s1. The van der Waals surface area contributed by atoms with E-state index in [1.54, 1.807) is 14.7 Å². The molecule has 0 saturated carbocycles. The van der Waals surface area contributed by atoms with E-state index in [0.29, 0.717) is 63.7 Å². The highest BCUT2D eigenvalue weighted by Gasteiger charge is 2.38. The van der Waals surface area contributed by atoms with Gasteiger partial charge in [0, 0.05) is 77.4 Å². The number of amides is 4. The van der Waals surface area contributed by atoms with Gasteiger partial charge in [-0.1, -0.05) is 29.8 Å². The zero-order valence-corrected chi connectivity index (χ0v) is 29.8. The number of rotatable bonds is 7. The highest BCUT2D eigenvalue weighted by atomic mass is 35.5. The lowest BCUT2D eigenvalue weighted by atomic mass is 9.91. The first-order valence-corrected chi connectivity index (χ1v) is 18.3. The first-order chi connectivity index (χ1) is 24.3. The summed E-state index contributed by atoms with van der Waals surface area (Å²) in [6, 6.07) is 9.82. The summed E-state index contributed by atoms with van der Waals surface area (Å²) >= 11 is 6.15. The molecule has 4 N–H and O–H groups in total. The number of hydrazine groups is 1. The average Bonchev–Trinajstić information content (AvgIpc) is 3.24. The van der Waals surface area contributed by atoms with Crippen LogP contribution in [0.1, 0.15) is 48.8 Å². The second kappa shape index (κ2) is 15.6. The van der Waals surface area contributed by atoms with Gasteiger partial charge in [0.15, 0.2) is 0 Å². The molecule has 0 aliphatic carbocycles. The number of nitrogen functional groups attached to an aromatic ring is 1. The van der Waals surface area contributed by atoms with Crippen molar-refractivity contribution in [2.24, 2.45) is 11.8 Å². The molecule has 0 spiro atoms. The minimum absolute atomic E-state index is 0.0856. The summed E-state index contributed by atoms with van der Waals surface area (Å²) in [6.07, 6.45) is -1.61. The van der Waals surface area contributed by atoms with Crippen molar-refractivity contribution < 1.29 is 27.6 Å². The first-order valence-electron chi connectivity index (χ1n) is 17.9. The summed E-state index contributed by atoms with van der Waals surface area (Å²) in [7, 11) is 2.11. The lowest BCUT2D eigenvalue weighted by Gasteiger charge is -2.42. The smallest absolute Gasteiger partial charge is 0.397 e. The molecule has 0 radical (unpaired) electrons. The van der Waals surface area contributed by atoms with E-state index in [0.717, 1.165) is 50.7 Å². The van der Waals surface area contributed by atoms with E-state index in [9.17, 15) is 27.6 Å². The molecule has 4 aliphatic heterocycles. The number of anilines is 2. The van der Waals surface area contributed by atoms with Crippen LogP contribution < -0.4 is 16.6 Å². The zero-order chi connectivity index (χ0) is 36.4. The minimum Gasteiger partial charge on any atom is -0.397 e. The van der Waals surface area contributed by atoms with Gasteiger partial charge in [0.1, 0.15) is 0 Å². The number of alkyl halides is 3. The molecule has 6 rings (SSSR count). The minimum atomic E-state index is -4.73. The lowest BCUT2D eigenvalue weighted by Crippen LogP contribution is -2.54. The van der Waals surface area contributed by atoms with Crippen LogP contribution >= 0.6 is 11.6 Å². The Morgan fingerprint density at radius 2 is 1.53 bits per heavy atom. The van der Waals surface area contributed by atoms with Crippen molar-refractivity contribution in [3.05, 3.63) is 58.1 Å². The topological polar surface area (TPSA) is 123 Å². The molecule has 51 heavy (non-hydrogen) atoms. The molecule has 2 aromatic carbocycles. The number of carbonyl (C=O) groups excluding carboxylic acids is 3. The Hall–Kier alpha value is -3.59. The van der Waals surface area contributed by atoms with Crippen LogP contribution in [0.4, 0.5) is 29.3 Å². The number of fused-ring (bicyclic) bond motifs is 1. The number of hydrogen-bond donors (Lipinski definition) is 2. The first kappa shape index (κ1) is 37.2. The number of piperidine rings is 2. The van der Waals surface area contributed by atoms with Gasteiger partial charge in [-0.15, -0.1) is 0 Å². The van der Waals surface area contributed by atoms with Gasteiger partial charge in [-0.05, 0) is 74.9 Å². The van der Waals surface area contributed by atoms with E-state index in [-0.39, 0.29) is 47.3 Å². The van der Waals surface area contributed by atoms with Crippen molar-refractivity contribution in [3.8, 4) is 0 Å². The van der Waals surface area contributed by atoms with Crippen molar-refractivity contribution in [1.29, 1.82) is 0 Å². The van der Waals surface area contributed by atoms with Crippen molar-refractivity contribution in [2.75, 3.05) is 76.7 Å². The second-order valence-corrected chi connectivity index (χ2v) is 14.8. The maximum atomic E-state index is 14.1. The fraction of sp³-hybridized carbons (Fsp3) is 0.583. The van der Waals surface area contributed by atoms with Gasteiger partial charge in [-0.3, -0.25) is 14.5 Å². The molecule has 3 fully saturated rings. The van der Waals surface area contributed by atoms with Crippen molar-refractivity contribution in [1.82, 2.24) is 24.5 Å². The van der Waals surface area contributed by atoms with E-state index in [1.807, 2.05) is 24.3 Å². The van der Waals surface area contributed by atoms with E-state index >= 15 is 0 Å². The van der Waals surface area contributed by atoms with Gasteiger partial charge in [-0.25, -0.2) is 15.6 Å². The number of likely N-dealkylation sites (N-methyl/N-ethyl adjacent to an activating group) is 1. The number of hydrogen-bond acceptors (Lipinski definition) is 7. The molecule has 15 heteroatoms. The number of nitrogens with zero attached hydrogens (tertiary/aromatic N) is 6. The molecule has 0 bridgehead atoms. The Kier molecular flexibility index (Phi) is 11.3. The molecule has 3 saturated heterocycles. The van der Waals surface area contributed by atoms with Gasteiger partial charge in [0.2, 0.25) is 11.8 Å². The molecular weight excluding hydrogens is 685 g/mol. The van der Waals surface area contributed by atoms with E-state index in [4.69, 9.17) is 23.2 Å². The van der Waals surface area contributed by atoms with E-state index in [1.165, 1.54) is 11.1 Å². The van der Waals surface area contributed by atoms with Crippen LogP contribution in [-0.2, 0) is 28.6 Å². The summed E-state index contributed by atoms with van der Waals surface area (Å²) in [5.74, 6) is 4.86. The van der Waals surface area contributed by atoms with Crippen LogP contribution in [0, 0.1) is 5.92 Å². The summed E-state index contributed by atoms with van der Waals surface area (Å²) in [6.45, 7) is 6.27. The van der Waals surface area contributed by atoms with Gasteiger partial charge < -0.3 is 25.3 Å². The Morgan fingerprint density at radius 1 is 0.902 bits per heavy atom. The Morgan fingerprint density at radius 3 is 2.20 bits per heavy atom. The molecule has 278 valence electrons. The highest BCUT2D eigenvalue weighted by Crippen LogP contribution is 2.39. The van der Waals surface area contributed by atoms with Crippen LogP contribution in [0.5, 0.6) is 0 Å². The van der Waals surface area contributed by atoms with Gasteiger partial charge in [0.25, 0.3) is 0 Å². The average molecular weight is 733 g/mol. The Balaban J connectivity index is 1.13. The van der Waals surface area contributed by atoms with Gasteiger partial charge >= 0.3 is 12.2 Å². The fourth-order valence-corrected chi connectivity index (χ4v) is 8.34. The summed E-state index contributed by atoms with van der Waals surface area (Å²) in [5, 5.41) is 0.951. The third-order valence-corrected chi connectivity index (χ3v) is 11.5. The molecule has 4 aliphatic rings. The van der Waals surface area contributed by atoms with Crippen LogP contribution in [0.3, 0.4) is 0 Å². The number of benzene rings is 2. The predicted octanol–water partition coefficient (Wildman–Crippen LogP) is 4.08. The number of halogens is 4. The molecule has 11 nitrogen and oxygen atoms in total. The zero-order valence-electron chi connectivity index (χ0n) is 29.1. The number of likely N-dealkylation sites (tertiary alicyclic amines) is 2. The number of para-hydroxylation sites is 1. The molecule has 1 atom stereocenters. The Labute approximate surface area is 302 Å². The van der Waals surface area contributed by atoms with Crippen molar-refractivity contribution in [3.63, 3.8) is 0 Å². The van der Waals surface area contributed by atoms with Gasteiger partial charge in [0.05, 0.1) is 27.9 Å². The summed E-state index contributed by atoms with van der Waals surface area (Å²) in [4.78, 5) is 51.3. The monoisotopic (exact) mass is 732 g/mol. The maximum absolute atomic E-state index is 14.1. The van der Waals surface area contributed by atoms with Crippen molar-refractivity contribution >= 4 is 40.8 Å². The summed E-state index contributed by atoms with van der Waals surface area (Å²) in [5.41, 5.74) is 5.94. The molecule has 0 aromatic heterocycles. The lowest BCUT2D eigenvalue weighted by molar-refractivity contribution is -0.143. The number of piperazine rings is 1. The number of nitrogens with two attached hydrogens (primary N) is 2. The van der Waals surface area contributed by atoms with E-state index in [2.05, 4.69) is 16.8 Å². The normalized spacial score (nSPS) is 21.1. The maximum Gasteiger partial charge on any atom is 0.418 e. The SMILES string of the molecule is CN1CCN(C2CCN(C(=O)[C@H](CC(=O)N3CCC(N4CCc5ccccc5N(N)C4=O)CC3)Cc3cc(Cl)c(N)c(C(F)(F)F)c3)CC2)CC1. The molecule has 0 unspecified atom stereocenters. The Bertz CT molecular complexity index is 1590. The van der Waals surface area contributed by atoms with Crippen molar-refractivity contribution in [2.45, 2.75) is 63.2 Å². The number of carbonyl (C=O) groups is 3. The molecule has 2 aromatic rings. The van der Waals surface area contributed by atoms with Crippen LogP contribution in [0.25, 0.3) is 0 Å². The largest absolute Gasteiger partial charge is 0.418 e. The molecule has 4 heterocycles. The third kappa shape index (κ3) is 8.40. The molecule has 4 amide bonds. The quantitative estimate of drug-likeness (QED) is 0.250. The van der Waals surface area contributed by atoms with Gasteiger partial charge in [-0.2, -0.15) is 13.2 Å². The highest BCUT2D eigenvalue weighted by molar-refractivity contribution is 6.33. The second-order valence-electron chi connectivity index (χ2n) is 14.4.